The molecule has 0 saturated carbocycles. The third-order valence-corrected chi connectivity index (χ3v) is 5.73. The first-order valence-electron chi connectivity index (χ1n) is 8.54. The van der Waals surface area contributed by atoms with Crippen molar-refractivity contribution >= 4 is 27.5 Å². The number of carbonyl (C=O) groups is 1. The molecule has 27 heavy (non-hydrogen) atoms. The molecule has 0 unspecified atom stereocenters. The average molecular weight is 411 g/mol. The van der Waals surface area contributed by atoms with E-state index in [1.165, 1.54) is 25.1 Å². The van der Waals surface area contributed by atoms with E-state index < -0.39 is 22.0 Å². The first kappa shape index (κ1) is 21.2. The Hall–Kier alpha value is -2.09. The van der Waals surface area contributed by atoms with Gasteiger partial charge in [-0.05, 0) is 44.5 Å². The zero-order valence-electron chi connectivity index (χ0n) is 15.4. The van der Waals surface area contributed by atoms with Crippen LogP contribution in [0.25, 0.3) is 0 Å². The van der Waals surface area contributed by atoms with Crippen LogP contribution in [0.5, 0.6) is 5.75 Å². The minimum Gasteiger partial charge on any atom is -0.492 e. The van der Waals surface area contributed by atoms with Crippen LogP contribution in [0.4, 0.5) is 0 Å². The van der Waals surface area contributed by atoms with Gasteiger partial charge in [0.1, 0.15) is 5.75 Å². The highest BCUT2D eigenvalue weighted by molar-refractivity contribution is 7.89. The first-order chi connectivity index (χ1) is 12.7. The molecule has 0 heterocycles. The molecule has 2 atom stereocenters. The highest BCUT2D eigenvalue weighted by atomic mass is 35.5. The molecule has 0 radical (unpaired) electrons. The average Bonchev–Trinajstić information content (AvgIpc) is 2.63. The Morgan fingerprint density at radius 2 is 1.81 bits per heavy atom. The minimum atomic E-state index is -3.91. The lowest BCUT2D eigenvalue weighted by Crippen LogP contribution is -2.45. The summed E-state index contributed by atoms with van der Waals surface area (Å²) in [5, 5.41) is 2.98. The van der Waals surface area contributed by atoms with Gasteiger partial charge in [0.2, 0.25) is 15.9 Å². The molecule has 6 nitrogen and oxygen atoms in total. The van der Waals surface area contributed by atoms with Crippen molar-refractivity contribution in [2.75, 3.05) is 6.61 Å². The minimum absolute atomic E-state index is 0.0355. The van der Waals surface area contributed by atoms with Crippen LogP contribution in [-0.2, 0) is 14.8 Å². The lowest BCUT2D eigenvalue weighted by atomic mass is 10.1. The molecule has 0 fully saturated rings. The maximum Gasteiger partial charge on any atom is 0.241 e. The summed E-state index contributed by atoms with van der Waals surface area (Å²) < 4.78 is 32.7. The number of hydrogen-bond acceptors (Lipinski definition) is 4. The maximum atomic E-state index is 12.5. The molecule has 146 valence electrons. The Morgan fingerprint density at radius 3 is 2.41 bits per heavy atom. The molecule has 1 amide bonds. The first-order valence-corrected chi connectivity index (χ1v) is 10.4. The summed E-state index contributed by atoms with van der Waals surface area (Å²) in [6.45, 7) is 5.54. The summed E-state index contributed by atoms with van der Waals surface area (Å²) in [5.41, 5.74) is 0.930. The smallest absolute Gasteiger partial charge is 0.241 e. The maximum absolute atomic E-state index is 12.5. The van der Waals surface area contributed by atoms with E-state index in [-0.39, 0.29) is 16.0 Å². The summed E-state index contributed by atoms with van der Waals surface area (Å²) in [6, 6.07) is 12.4. The number of nitrogens with one attached hydrogen (secondary N) is 2. The molecule has 0 aliphatic carbocycles. The van der Waals surface area contributed by atoms with Gasteiger partial charge in [-0.2, -0.15) is 4.72 Å². The van der Waals surface area contributed by atoms with Gasteiger partial charge in [-0.3, -0.25) is 4.79 Å². The fraction of sp³-hybridized carbons (Fsp3) is 0.316. The van der Waals surface area contributed by atoms with Gasteiger partial charge in [-0.25, -0.2) is 8.42 Å². The molecular formula is C19H23ClN2O4S. The number of hydrogen-bond donors (Lipinski definition) is 2. The van der Waals surface area contributed by atoms with Crippen LogP contribution in [-0.4, -0.2) is 27.0 Å². The Balaban J connectivity index is 2.05. The van der Waals surface area contributed by atoms with Gasteiger partial charge in [-0.15, -0.1) is 0 Å². The molecule has 2 N–H and O–H groups in total. The molecule has 2 rings (SSSR count). The number of benzene rings is 2. The lowest BCUT2D eigenvalue weighted by molar-refractivity contribution is -0.123. The number of sulfonamides is 1. The summed E-state index contributed by atoms with van der Waals surface area (Å²) in [7, 11) is -3.91. The van der Waals surface area contributed by atoms with Crippen LogP contribution in [0.1, 0.15) is 32.4 Å². The van der Waals surface area contributed by atoms with Gasteiger partial charge >= 0.3 is 0 Å². The van der Waals surface area contributed by atoms with Crippen molar-refractivity contribution in [3.05, 3.63) is 59.1 Å². The van der Waals surface area contributed by atoms with Crippen molar-refractivity contribution < 1.29 is 17.9 Å². The van der Waals surface area contributed by atoms with Gasteiger partial charge in [0.15, 0.2) is 0 Å². The van der Waals surface area contributed by atoms with Gasteiger partial charge in [-0.1, -0.05) is 41.9 Å². The topological polar surface area (TPSA) is 84.5 Å². The number of amides is 1. The van der Waals surface area contributed by atoms with E-state index in [9.17, 15) is 13.2 Å². The van der Waals surface area contributed by atoms with Crippen molar-refractivity contribution in [3.8, 4) is 5.75 Å². The van der Waals surface area contributed by atoms with E-state index in [0.717, 1.165) is 5.56 Å². The van der Waals surface area contributed by atoms with Gasteiger partial charge in [0.05, 0.1) is 28.6 Å². The van der Waals surface area contributed by atoms with Gasteiger partial charge in [0.25, 0.3) is 0 Å². The van der Waals surface area contributed by atoms with Crippen molar-refractivity contribution in [2.45, 2.75) is 37.8 Å². The monoisotopic (exact) mass is 410 g/mol. The zero-order valence-corrected chi connectivity index (χ0v) is 17.0. The Morgan fingerprint density at radius 1 is 1.15 bits per heavy atom. The van der Waals surface area contributed by atoms with Crippen molar-refractivity contribution in [1.82, 2.24) is 10.0 Å². The van der Waals surface area contributed by atoms with Gasteiger partial charge in [0, 0.05) is 0 Å². The van der Waals surface area contributed by atoms with E-state index in [2.05, 4.69) is 10.0 Å². The van der Waals surface area contributed by atoms with Crippen molar-refractivity contribution in [1.29, 1.82) is 0 Å². The third-order valence-electron chi connectivity index (χ3n) is 3.90. The predicted molar refractivity (Wildman–Crippen MR) is 105 cm³/mol. The Bertz CT molecular complexity index is 888. The quantitative estimate of drug-likeness (QED) is 0.699. The third kappa shape index (κ3) is 5.69. The van der Waals surface area contributed by atoms with Crippen LogP contribution in [0, 0.1) is 0 Å². The van der Waals surface area contributed by atoms with E-state index in [4.69, 9.17) is 16.3 Å². The summed E-state index contributed by atoms with van der Waals surface area (Å²) in [4.78, 5) is 12.3. The van der Waals surface area contributed by atoms with E-state index in [1.807, 2.05) is 37.3 Å². The molecule has 0 aliphatic heterocycles. The van der Waals surface area contributed by atoms with Crippen LogP contribution in [0.15, 0.2) is 53.4 Å². The second-order valence-corrected chi connectivity index (χ2v) is 8.13. The summed E-state index contributed by atoms with van der Waals surface area (Å²) in [5.74, 6) is -0.0208. The van der Waals surface area contributed by atoms with Crippen molar-refractivity contribution in [2.24, 2.45) is 0 Å². The number of carbonyl (C=O) groups excluding carboxylic acids is 1. The van der Waals surface area contributed by atoms with Crippen LogP contribution in [0.3, 0.4) is 0 Å². The fourth-order valence-electron chi connectivity index (χ4n) is 2.44. The largest absolute Gasteiger partial charge is 0.492 e. The number of rotatable bonds is 8. The fourth-order valence-corrected chi connectivity index (χ4v) is 3.97. The van der Waals surface area contributed by atoms with E-state index in [0.29, 0.717) is 12.4 Å². The molecule has 2 aromatic carbocycles. The predicted octanol–water partition coefficient (Wildman–Crippen LogP) is 3.28. The lowest BCUT2D eigenvalue weighted by Gasteiger charge is -2.19. The molecule has 0 bridgehead atoms. The van der Waals surface area contributed by atoms with Crippen LogP contribution in [0.2, 0.25) is 5.02 Å². The molecule has 0 saturated heterocycles. The molecule has 2 aromatic rings. The Kier molecular flexibility index (Phi) is 7.24. The van der Waals surface area contributed by atoms with Crippen LogP contribution >= 0.6 is 11.6 Å². The SMILES string of the molecule is CCOc1ccc(S(=O)(=O)N[C@H](C)C(=O)N[C@H](C)c2ccccc2)cc1Cl. The highest BCUT2D eigenvalue weighted by Gasteiger charge is 2.24. The Labute approximate surface area is 164 Å². The van der Waals surface area contributed by atoms with E-state index >= 15 is 0 Å². The molecular weight excluding hydrogens is 388 g/mol. The summed E-state index contributed by atoms with van der Waals surface area (Å²) >= 11 is 6.05. The second-order valence-electron chi connectivity index (χ2n) is 6.01. The van der Waals surface area contributed by atoms with Gasteiger partial charge < -0.3 is 10.1 Å². The number of halogens is 1. The summed E-state index contributed by atoms with van der Waals surface area (Å²) in [6.07, 6.45) is 0. The zero-order chi connectivity index (χ0) is 20.0. The molecule has 8 heteroatoms. The van der Waals surface area contributed by atoms with Crippen molar-refractivity contribution in [3.63, 3.8) is 0 Å². The highest BCUT2D eigenvalue weighted by Crippen LogP contribution is 2.27. The normalized spacial score (nSPS) is 13.6. The molecule has 0 spiro atoms. The van der Waals surface area contributed by atoms with E-state index in [1.54, 1.807) is 6.92 Å². The number of ether oxygens (including phenoxy) is 1. The second kappa shape index (κ2) is 9.21. The molecule has 0 aliphatic rings. The van der Waals surface area contributed by atoms with Crippen LogP contribution < -0.4 is 14.8 Å². The standard InChI is InChI=1S/C19H23ClN2O4S/c1-4-26-18-11-10-16(12-17(18)20)27(24,25)22-14(3)19(23)21-13(2)15-8-6-5-7-9-15/h5-14,22H,4H2,1-3H3,(H,21,23)/t13-,14-/m1/s1. The molecule has 0 aromatic heterocycles.